The summed E-state index contributed by atoms with van der Waals surface area (Å²) < 4.78 is 38.5. The van der Waals surface area contributed by atoms with E-state index in [4.69, 9.17) is 0 Å². The van der Waals surface area contributed by atoms with E-state index in [9.17, 15) is 13.2 Å². The van der Waals surface area contributed by atoms with Gasteiger partial charge in [0.2, 0.25) is 0 Å². The standard InChI is InChI=1S/C15H17F3/c1-14(2,3)13(15(16,17)18)11-7-10-12-8-5-4-6-9-12/h4-11H,1-3H3/b10-7+,13-11+. The van der Waals surface area contributed by atoms with Crippen LogP contribution in [0.5, 0.6) is 0 Å². The van der Waals surface area contributed by atoms with E-state index < -0.39 is 17.2 Å². The molecular weight excluding hydrogens is 237 g/mol. The van der Waals surface area contributed by atoms with Gasteiger partial charge in [-0.25, -0.2) is 0 Å². The molecule has 0 heterocycles. The lowest BCUT2D eigenvalue weighted by molar-refractivity contribution is -0.104. The minimum absolute atomic E-state index is 0.526. The number of benzene rings is 1. The third kappa shape index (κ3) is 4.40. The Balaban J connectivity index is 2.96. The van der Waals surface area contributed by atoms with Crippen molar-refractivity contribution < 1.29 is 13.2 Å². The number of halogens is 3. The Labute approximate surface area is 106 Å². The molecule has 0 saturated heterocycles. The lowest BCUT2D eigenvalue weighted by Crippen LogP contribution is -2.24. The van der Waals surface area contributed by atoms with Crippen LogP contribution in [0.2, 0.25) is 0 Å². The van der Waals surface area contributed by atoms with Crippen LogP contribution in [0.15, 0.2) is 48.1 Å². The summed E-state index contributed by atoms with van der Waals surface area (Å²) in [7, 11) is 0. The highest BCUT2D eigenvalue weighted by Gasteiger charge is 2.39. The number of hydrogen-bond donors (Lipinski definition) is 0. The SMILES string of the molecule is CC(C)(C)/C(=C\C=C\c1ccccc1)C(F)(F)F. The van der Waals surface area contributed by atoms with Crippen molar-refractivity contribution >= 4 is 6.08 Å². The maximum absolute atomic E-state index is 12.8. The normalized spacial score (nSPS) is 14.2. The van der Waals surface area contributed by atoms with Gasteiger partial charge in [-0.05, 0) is 11.0 Å². The third-order valence-corrected chi connectivity index (χ3v) is 2.46. The topological polar surface area (TPSA) is 0 Å². The van der Waals surface area contributed by atoms with E-state index in [0.717, 1.165) is 11.6 Å². The van der Waals surface area contributed by atoms with Crippen molar-refractivity contribution in [1.82, 2.24) is 0 Å². The molecule has 0 atom stereocenters. The van der Waals surface area contributed by atoms with Gasteiger partial charge in [0, 0.05) is 5.57 Å². The summed E-state index contributed by atoms with van der Waals surface area (Å²) in [5.41, 5.74) is -0.564. The van der Waals surface area contributed by atoms with E-state index in [-0.39, 0.29) is 0 Å². The molecule has 0 aliphatic carbocycles. The second kappa shape index (κ2) is 5.42. The van der Waals surface area contributed by atoms with Crippen molar-refractivity contribution in [3.63, 3.8) is 0 Å². The highest BCUT2D eigenvalue weighted by molar-refractivity contribution is 5.51. The molecule has 1 aromatic rings. The fourth-order valence-electron chi connectivity index (χ4n) is 1.59. The molecule has 0 aliphatic rings. The van der Waals surface area contributed by atoms with Crippen LogP contribution in [0.25, 0.3) is 6.08 Å². The van der Waals surface area contributed by atoms with Gasteiger partial charge < -0.3 is 0 Å². The van der Waals surface area contributed by atoms with E-state index in [1.165, 1.54) is 6.08 Å². The molecule has 0 nitrogen and oxygen atoms in total. The van der Waals surface area contributed by atoms with Gasteiger partial charge in [-0.2, -0.15) is 13.2 Å². The van der Waals surface area contributed by atoms with E-state index in [0.29, 0.717) is 0 Å². The molecule has 0 amide bonds. The molecule has 0 saturated carbocycles. The first-order valence-electron chi connectivity index (χ1n) is 5.72. The maximum atomic E-state index is 12.8. The second-order valence-electron chi connectivity index (χ2n) is 5.10. The van der Waals surface area contributed by atoms with Gasteiger partial charge in [-0.1, -0.05) is 69.3 Å². The molecule has 98 valence electrons. The predicted molar refractivity (Wildman–Crippen MR) is 69.1 cm³/mol. The largest absolute Gasteiger partial charge is 0.413 e. The quantitative estimate of drug-likeness (QED) is 0.633. The summed E-state index contributed by atoms with van der Waals surface area (Å²) in [5, 5.41) is 0. The highest BCUT2D eigenvalue weighted by atomic mass is 19.4. The molecule has 1 aromatic carbocycles. The molecule has 0 radical (unpaired) electrons. The average Bonchev–Trinajstić information content (AvgIpc) is 2.22. The molecule has 0 aromatic heterocycles. The van der Waals surface area contributed by atoms with Gasteiger partial charge in [0.25, 0.3) is 0 Å². The Kier molecular flexibility index (Phi) is 4.38. The lowest BCUT2D eigenvalue weighted by Gasteiger charge is -2.24. The first-order chi connectivity index (χ1) is 8.21. The van der Waals surface area contributed by atoms with Crippen molar-refractivity contribution in [2.24, 2.45) is 5.41 Å². The zero-order valence-electron chi connectivity index (χ0n) is 10.8. The smallest absolute Gasteiger partial charge is 0.166 e. The Hall–Kier alpha value is -1.51. The van der Waals surface area contributed by atoms with Crippen molar-refractivity contribution in [2.75, 3.05) is 0 Å². The molecule has 1 rings (SSSR count). The molecule has 0 unspecified atom stereocenters. The number of hydrogen-bond acceptors (Lipinski definition) is 0. The van der Waals surface area contributed by atoms with Crippen LogP contribution in [0.4, 0.5) is 13.2 Å². The van der Waals surface area contributed by atoms with Crippen LogP contribution in [0.3, 0.4) is 0 Å². The van der Waals surface area contributed by atoms with Gasteiger partial charge in [-0.15, -0.1) is 0 Å². The number of rotatable bonds is 2. The average molecular weight is 254 g/mol. The minimum Gasteiger partial charge on any atom is -0.166 e. The third-order valence-electron chi connectivity index (χ3n) is 2.46. The zero-order valence-corrected chi connectivity index (χ0v) is 10.8. The van der Waals surface area contributed by atoms with E-state index in [2.05, 4.69) is 0 Å². The first kappa shape index (κ1) is 14.6. The molecule has 0 fully saturated rings. The fraction of sp³-hybridized carbons (Fsp3) is 0.333. The van der Waals surface area contributed by atoms with E-state index >= 15 is 0 Å². The summed E-state index contributed by atoms with van der Waals surface area (Å²) in [5.74, 6) is 0. The summed E-state index contributed by atoms with van der Waals surface area (Å²) >= 11 is 0. The fourth-order valence-corrected chi connectivity index (χ4v) is 1.59. The van der Waals surface area contributed by atoms with Gasteiger partial charge in [0.1, 0.15) is 0 Å². The van der Waals surface area contributed by atoms with Crippen LogP contribution in [-0.4, -0.2) is 6.18 Å². The molecular formula is C15H17F3. The monoisotopic (exact) mass is 254 g/mol. The van der Waals surface area contributed by atoms with Gasteiger partial charge >= 0.3 is 6.18 Å². The number of allylic oxidation sites excluding steroid dienone is 3. The summed E-state index contributed by atoms with van der Waals surface area (Å²) in [4.78, 5) is 0. The Morgan fingerprint density at radius 2 is 1.56 bits per heavy atom. The van der Waals surface area contributed by atoms with Crippen LogP contribution in [0, 0.1) is 5.41 Å². The lowest BCUT2D eigenvalue weighted by atomic mass is 9.85. The molecule has 0 aliphatic heterocycles. The molecule has 3 heteroatoms. The van der Waals surface area contributed by atoms with E-state index in [1.54, 1.807) is 26.8 Å². The van der Waals surface area contributed by atoms with E-state index in [1.807, 2.05) is 30.3 Å². The summed E-state index contributed by atoms with van der Waals surface area (Å²) in [6, 6.07) is 9.24. The van der Waals surface area contributed by atoms with Crippen LogP contribution < -0.4 is 0 Å². The van der Waals surface area contributed by atoms with Gasteiger partial charge in [0.05, 0.1) is 0 Å². The maximum Gasteiger partial charge on any atom is 0.413 e. The van der Waals surface area contributed by atoms with Crippen molar-refractivity contribution in [3.8, 4) is 0 Å². The van der Waals surface area contributed by atoms with Crippen LogP contribution in [0.1, 0.15) is 26.3 Å². The van der Waals surface area contributed by atoms with Crippen LogP contribution >= 0.6 is 0 Å². The summed E-state index contributed by atoms with van der Waals surface area (Å²) in [6.07, 6.45) is -0.0346. The molecule has 18 heavy (non-hydrogen) atoms. The predicted octanol–water partition coefficient (Wildman–Crippen LogP) is 5.23. The van der Waals surface area contributed by atoms with Gasteiger partial charge in [-0.3, -0.25) is 0 Å². The highest BCUT2D eigenvalue weighted by Crippen LogP contribution is 2.38. The van der Waals surface area contributed by atoms with Crippen molar-refractivity contribution in [3.05, 3.63) is 53.6 Å². The molecule has 0 N–H and O–H groups in total. The summed E-state index contributed by atoms with van der Waals surface area (Å²) in [6.45, 7) is 4.67. The number of alkyl halides is 3. The molecule has 0 spiro atoms. The molecule has 0 bridgehead atoms. The Bertz CT molecular complexity index is 415. The zero-order chi connectivity index (χ0) is 13.8. The second-order valence-corrected chi connectivity index (χ2v) is 5.10. The van der Waals surface area contributed by atoms with Crippen LogP contribution in [-0.2, 0) is 0 Å². The van der Waals surface area contributed by atoms with Crippen molar-refractivity contribution in [2.45, 2.75) is 26.9 Å². The van der Waals surface area contributed by atoms with Gasteiger partial charge in [0.15, 0.2) is 0 Å². The Morgan fingerprint density at radius 1 is 1.00 bits per heavy atom. The van der Waals surface area contributed by atoms with Crippen molar-refractivity contribution in [1.29, 1.82) is 0 Å². The first-order valence-corrected chi connectivity index (χ1v) is 5.72. The minimum atomic E-state index is -4.29. The Morgan fingerprint density at radius 3 is 2.00 bits per heavy atom.